The number of aromatic nitrogens is 2. The van der Waals surface area contributed by atoms with Gasteiger partial charge in [0.25, 0.3) is 5.91 Å². The van der Waals surface area contributed by atoms with Crippen LogP contribution in [-0.2, 0) is 11.3 Å². The Balaban J connectivity index is 1.77. The second-order valence-electron chi connectivity index (χ2n) is 6.54. The van der Waals surface area contributed by atoms with E-state index >= 15 is 0 Å². The molecule has 0 aliphatic carbocycles. The van der Waals surface area contributed by atoms with Crippen molar-refractivity contribution in [2.45, 2.75) is 12.1 Å². The van der Waals surface area contributed by atoms with Crippen LogP contribution < -0.4 is 21.1 Å². The number of hydrogen-bond acceptors (Lipinski definition) is 6. The Bertz CT molecular complexity index is 1210. The number of rotatable bonds is 3. The Kier molecular flexibility index (Phi) is 4.24. The molecule has 0 bridgehead atoms. The number of carbonyl (C=O) groups excluding carboxylic acids is 2. The molecule has 29 heavy (non-hydrogen) atoms. The molecule has 1 aliphatic rings. The smallest absolute Gasteiger partial charge is 0.323 e. The van der Waals surface area contributed by atoms with E-state index in [0.29, 0.717) is 16.8 Å². The summed E-state index contributed by atoms with van der Waals surface area (Å²) in [5, 5.41) is 16.7. The lowest BCUT2D eigenvalue weighted by molar-refractivity contribution is -0.122. The zero-order valence-corrected chi connectivity index (χ0v) is 15.4. The zero-order valence-electron chi connectivity index (χ0n) is 15.4. The molecule has 9 heteroatoms. The third-order valence-corrected chi connectivity index (χ3v) is 4.65. The van der Waals surface area contributed by atoms with Crippen molar-refractivity contribution in [3.05, 3.63) is 48.4 Å². The molecule has 1 atom stereocenters. The van der Waals surface area contributed by atoms with Gasteiger partial charge in [0.05, 0.1) is 19.3 Å². The summed E-state index contributed by atoms with van der Waals surface area (Å²) in [5.41, 5.74) is 4.89. The maximum absolute atomic E-state index is 12.6. The monoisotopic (exact) mass is 391 g/mol. The number of hydrogen-bond donors (Lipinski definition) is 4. The van der Waals surface area contributed by atoms with Gasteiger partial charge in [-0.25, -0.2) is 9.78 Å². The van der Waals surface area contributed by atoms with Crippen LogP contribution in [0.15, 0.2) is 42.7 Å². The van der Waals surface area contributed by atoms with Crippen LogP contribution in [0.2, 0.25) is 0 Å². The van der Waals surface area contributed by atoms with E-state index in [2.05, 4.69) is 27.5 Å². The molecule has 1 aliphatic heterocycles. The number of imide groups is 1. The summed E-state index contributed by atoms with van der Waals surface area (Å²) in [6, 6.07) is 7.85. The summed E-state index contributed by atoms with van der Waals surface area (Å²) in [7, 11) is 1.53. The average molecular weight is 391 g/mol. The Hall–Kier alpha value is -4.19. The van der Waals surface area contributed by atoms with E-state index in [4.69, 9.17) is 10.5 Å². The van der Waals surface area contributed by atoms with Crippen LogP contribution in [-0.4, -0.2) is 39.2 Å². The van der Waals surface area contributed by atoms with Crippen LogP contribution in [0.5, 0.6) is 11.6 Å². The lowest BCUT2D eigenvalue weighted by atomic mass is 10.00. The molecule has 0 radical (unpaired) electrons. The lowest BCUT2D eigenvalue weighted by Gasteiger charge is -2.20. The Labute approximate surface area is 165 Å². The van der Waals surface area contributed by atoms with Gasteiger partial charge < -0.3 is 25.5 Å². The highest BCUT2D eigenvalue weighted by Crippen LogP contribution is 2.32. The minimum atomic E-state index is -1.60. The van der Waals surface area contributed by atoms with Crippen molar-refractivity contribution in [2.24, 2.45) is 0 Å². The number of amides is 3. The number of ether oxygens (including phenoxy) is 1. The quantitative estimate of drug-likeness (QED) is 0.389. The number of nitrogen functional groups attached to an aromatic ring is 1. The van der Waals surface area contributed by atoms with Crippen LogP contribution in [0.4, 0.5) is 10.5 Å². The molecule has 1 fully saturated rings. The molecule has 0 saturated carbocycles. The summed E-state index contributed by atoms with van der Waals surface area (Å²) in [6.45, 7) is -0.118. The second kappa shape index (κ2) is 6.76. The van der Waals surface area contributed by atoms with Crippen molar-refractivity contribution in [3.63, 3.8) is 0 Å². The van der Waals surface area contributed by atoms with Gasteiger partial charge in [-0.15, -0.1) is 0 Å². The van der Waals surface area contributed by atoms with E-state index in [1.54, 1.807) is 36.5 Å². The predicted octanol–water partition coefficient (Wildman–Crippen LogP) is 0.963. The number of urea groups is 1. The highest BCUT2D eigenvalue weighted by molar-refractivity contribution is 6.09. The van der Waals surface area contributed by atoms with Gasteiger partial charge in [0, 0.05) is 23.2 Å². The standard InChI is InChI=1S/C20H17N5O4/c1-29-13-5-4-12-10-25(17(26)14(12)9-13)11-20(18(27)23-19(28)24-20)7-6-16-15(21)3-2-8-22-16/h2-5,8-10,26H,11,21H2,1H3,(H2,23,24,27,28)/t20-/m1/s1. The number of methoxy groups -OCH3 is 1. The third-order valence-electron chi connectivity index (χ3n) is 4.65. The SMILES string of the molecule is COc1ccc2cn(C[C@@]3(C#Cc4ncccc4N)NC(=O)NC3=O)c(O)c2c1. The molecule has 9 nitrogen and oxygen atoms in total. The molecule has 3 heterocycles. The highest BCUT2D eigenvalue weighted by Gasteiger charge is 2.46. The van der Waals surface area contributed by atoms with Crippen LogP contribution in [0.1, 0.15) is 5.69 Å². The molecule has 4 rings (SSSR count). The minimum Gasteiger partial charge on any atom is -0.497 e. The predicted molar refractivity (Wildman–Crippen MR) is 105 cm³/mol. The summed E-state index contributed by atoms with van der Waals surface area (Å²) in [5.74, 6) is 5.42. The number of benzene rings is 1. The molecule has 3 aromatic rings. The van der Waals surface area contributed by atoms with Crippen molar-refractivity contribution in [3.8, 4) is 23.5 Å². The van der Waals surface area contributed by atoms with Gasteiger partial charge in [0.15, 0.2) is 5.88 Å². The molecule has 1 saturated heterocycles. The normalized spacial score (nSPS) is 18.1. The van der Waals surface area contributed by atoms with Crippen LogP contribution in [0.3, 0.4) is 0 Å². The Morgan fingerprint density at radius 2 is 2.17 bits per heavy atom. The van der Waals surface area contributed by atoms with E-state index in [1.165, 1.54) is 17.9 Å². The molecule has 1 aromatic carbocycles. The minimum absolute atomic E-state index is 0.0774. The largest absolute Gasteiger partial charge is 0.497 e. The number of anilines is 1. The highest BCUT2D eigenvalue weighted by atomic mass is 16.5. The van der Waals surface area contributed by atoms with Crippen molar-refractivity contribution in [2.75, 3.05) is 12.8 Å². The summed E-state index contributed by atoms with van der Waals surface area (Å²) in [6.07, 6.45) is 3.19. The van der Waals surface area contributed by atoms with Gasteiger partial charge >= 0.3 is 6.03 Å². The molecule has 3 amide bonds. The molecular formula is C20H17N5O4. The van der Waals surface area contributed by atoms with Crippen molar-refractivity contribution < 1.29 is 19.4 Å². The fraction of sp³-hybridized carbons (Fsp3) is 0.150. The molecule has 0 spiro atoms. The van der Waals surface area contributed by atoms with Gasteiger partial charge in [-0.2, -0.15) is 0 Å². The van der Waals surface area contributed by atoms with Gasteiger partial charge in [-0.3, -0.25) is 10.1 Å². The van der Waals surface area contributed by atoms with Gasteiger partial charge in [0.1, 0.15) is 11.4 Å². The topological polar surface area (TPSA) is 131 Å². The molecular weight excluding hydrogens is 374 g/mol. The number of pyridine rings is 1. The number of nitrogens with one attached hydrogen (secondary N) is 2. The van der Waals surface area contributed by atoms with Crippen LogP contribution >= 0.6 is 0 Å². The average Bonchev–Trinajstić information content (AvgIpc) is 3.16. The number of nitrogens with zero attached hydrogens (tertiary/aromatic N) is 2. The first-order chi connectivity index (χ1) is 13.9. The Morgan fingerprint density at radius 3 is 2.86 bits per heavy atom. The Morgan fingerprint density at radius 1 is 1.34 bits per heavy atom. The van der Waals surface area contributed by atoms with Crippen LogP contribution in [0.25, 0.3) is 10.8 Å². The van der Waals surface area contributed by atoms with E-state index < -0.39 is 17.5 Å². The van der Waals surface area contributed by atoms with Gasteiger partial charge in [-0.1, -0.05) is 5.92 Å². The maximum atomic E-state index is 12.6. The van der Waals surface area contributed by atoms with Gasteiger partial charge in [-0.05, 0) is 36.3 Å². The van der Waals surface area contributed by atoms with E-state index in [1.807, 2.05) is 0 Å². The van der Waals surface area contributed by atoms with E-state index in [0.717, 1.165) is 5.39 Å². The summed E-state index contributed by atoms with van der Waals surface area (Å²) >= 11 is 0. The molecule has 146 valence electrons. The summed E-state index contributed by atoms with van der Waals surface area (Å²) < 4.78 is 6.64. The number of nitrogens with two attached hydrogens (primary N) is 1. The van der Waals surface area contributed by atoms with Crippen molar-refractivity contribution in [1.29, 1.82) is 0 Å². The summed E-state index contributed by atoms with van der Waals surface area (Å²) in [4.78, 5) is 28.5. The van der Waals surface area contributed by atoms with Crippen molar-refractivity contribution in [1.82, 2.24) is 20.2 Å². The molecule has 0 unspecified atom stereocenters. The lowest BCUT2D eigenvalue weighted by Crippen LogP contribution is -2.49. The first kappa shape index (κ1) is 18.2. The maximum Gasteiger partial charge on any atom is 0.323 e. The fourth-order valence-corrected chi connectivity index (χ4v) is 3.15. The number of aromatic hydroxyl groups is 1. The van der Waals surface area contributed by atoms with Crippen molar-refractivity contribution >= 4 is 28.4 Å². The molecule has 5 N–H and O–H groups in total. The van der Waals surface area contributed by atoms with Crippen LogP contribution in [0, 0.1) is 11.8 Å². The third kappa shape index (κ3) is 3.17. The van der Waals surface area contributed by atoms with Gasteiger partial charge in [0.2, 0.25) is 5.54 Å². The second-order valence-corrected chi connectivity index (χ2v) is 6.54. The zero-order chi connectivity index (χ0) is 20.6. The molecule has 2 aromatic heterocycles. The van der Waals surface area contributed by atoms with E-state index in [-0.39, 0.29) is 18.1 Å². The van der Waals surface area contributed by atoms with E-state index in [9.17, 15) is 14.7 Å². The first-order valence-electron chi connectivity index (χ1n) is 8.65. The number of carbonyl (C=O) groups is 2. The fourth-order valence-electron chi connectivity index (χ4n) is 3.15. The first-order valence-corrected chi connectivity index (χ1v) is 8.65. The number of fused-ring (bicyclic) bond motifs is 1.